The molecule has 0 spiro atoms. The Morgan fingerprint density at radius 3 is 2.44 bits per heavy atom. The summed E-state index contributed by atoms with van der Waals surface area (Å²) >= 11 is 5.92. The maximum absolute atomic E-state index is 12.3. The van der Waals surface area contributed by atoms with Crippen LogP contribution in [0.15, 0.2) is 48.0 Å². The van der Waals surface area contributed by atoms with Gasteiger partial charge in [0.25, 0.3) is 11.6 Å². The van der Waals surface area contributed by atoms with E-state index in [1.807, 2.05) is 0 Å². The van der Waals surface area contributed by atoms with Crippen LogP contribution in [0.2, 0.25) is 5.02 Å². The molecule has 27 heavy (non-hydrogen) atoms. The minimum absolute atomic E-state index is 0.0272. The SMILES string of the molecule is CC(=O)Oc1ccc(C=C(C#N)C(=O)Nc2ccc([N+](=O)[O-])cc2Cl)cc1. The second-order valence-electron chi connectivity index (χ2n) is 5.21. The van der Waals surface area contributed by atoms with Gasteiger partial charge in [-0.05, 0) is 29.8 Å². The maximum Gasteiger partial charge on any atom is 0.308 e. The number of anilines is 1. The van der Waals surface area contributed by atoms with Gasteiger partial charge in [-0.3, -0.25) is 19.7 Å². The molecule has 0 saturated carbocycles. The molecule has 0 unspecified atom stereocenters. The van der Waals surface area contributed by atoms with Gasteiger partial charge in [-0.25, -0.2) is 0 Å². The highest BCUT2D eigenvalue weighted by molar-refractivity contribution is 6.34. The van der Waals surface area contributed by atoms with Crippen LogP contribution in [0.1, 0.15) is 12.5 Å². The molecule has 0 aliphatic heterocycles. The third-order valence-corrected chi connectivity index (χ3v) is 3.54. The van der Waals surface area contributed by atoms with Crippen molar-refractivity contribution < 1.29 is 19.2 Å². The lowest BCUT2D eigenvalue weighted by Gasteiger charge is -2.06. The second kappa shape index (κ2) is 8.60. The maximum atomic E-state index is 12.3. The number of hydrogen-bond acceptors (Lipinski definition) is 6. The van der Waals surface area contributed by atoms with Crippen LogP contribution in [0.4, 0.5) is 11.4 Å². The predicted octanol–water partition coefficient (Wildman–Crippen LogP) is 3.72. The number of esters is 1. The number of carbonyl (C=O) groups is 2. The fourth-order valence-corrected chi connectivity index (χ4v) is 2.24. The minimum atomic E-state index is -0.725. The third kappa shape index (κ3) is 5.39. The highest BCUT2D eigenvalue weighted by Crippen LogP contribution is 2.27. The summed E-state index contributed by atoms with van der Waals surface area (Å²) in [6.07, 6.45) is 1.34. The number of nitro benzene ring substituents is 1. The summed E-state index contributed by atoms with van der Waals surface area (Å²) in [6, 6.07) is 11.5. The number of nitro groups is 1. The van der Waals surface area contributed by atoms with E-state index in [1.54, 1.807) is 18.2 Å². The van der Waals surface area contributed by atoms with Crippen molar-refractivity contribution in [1.82, 2.24) is 0 Å². The van der Waals surface area contributed by atoms with Crippen LogP contribution in [0.25, 0.3) is 6.08 Å². The topological polar surface area (TPSA) is 122 Å². The molecule has 0 aliphatic rings. The molecule has 0 fully saturated rings. The number of nitriles is 1. The number of nitrogens with zero attached hydrogens (tertiary/aromatic N) is 2. The summed E-state index contributed by atoms with van der Waals surface area (Å²) in [5.41, 5.74) is 0.248. The van der Waals surface area contributed by atoms with Crippen molar-refractivity contribution in [2.75, 3.05) is 5.32 Å². The number of rotatable bonds is 5. The molecule has 1 N–H and O–H groups in total. The highest BCUT2D eigenvalue weighted by Gasteiger charge is 2.14. The van der Waals surface area contributed by atoms with Gasteiger partial charge < -0.3 is 10.1 Å². The Kier molecular flexibility index (Phi) is 6.25. The molecule has 8 nitrogen and oxygen atoms in total. The number of halogens is 1. The zero-order chi connectivity index (χ0) is 20.0. The van der Waals surface area contributed by atoms with Crippen LogP contribution in [-0.2, 0) is 9.59 Å². The Bertz CT molecular complexity index is 977. The smallest absolute Gasteiger partial charge is 0.308 e. The molecule has 0 atom stereocenters. The lowest BCUT2D eigenvalue weighted by molar-refractivity contribution is -0.384. The standard InChI is InChI=1S/C18H12ClN3O5/c1-11(23)27-15-5-2-12(3-6-15)8-13(10-20)18(24)21-17-7-4-14(22(25)26)9-16(17)19/h2-9H,1H3,(H,21,24). The van der Waals surface area contributed by atoms with Gasteiger partial charge in [0.2, 0.25) is 0 Å². The van der Waals surface area contributed by atoms with E-state index in [0.29, 0.717) is 11.3 Å². The summed E-state index contributed by atoms with van der Waals surface area (Å²) in [6.45, 7) is 1.27. The first-order chi connectivity index (χ1) is 12.8. The monoisotopic (exact) mass is 385 g/mol. The molecular formula is C18H12ClN3O5. The molecule has 9 heteroatoms. The molecule has 0 aliphatic carbocycles. The van der Waals surface area contributed by atoms with Gasteiger partial charge in [-0.2, -0.15) is 5.26 Å². The molecule has 2 rings (SSSR count). The quantitative estimate of drug-likeness (QED) is 0.209. The molecule has 1 amide bonds. The van der Waals surface area contributed by atoms with Gasteiger partial charge in [-0.15, -0.1) is 0 Å². The Labute approximate surface area is 158 Å². The van der Waals surface area contributed by atoms with E-state index in [4.69, 9.17) is 16.3 Å². The number of amides is 1. The molecule has 2 aromatic rings. The van der Waals surface area contributed by atoms with Crippen molar-refractivity contribution in [2.45, 2.75) is 6.92 Å². The van der Waals surface area contributed by atoms with Gasteiger partial charge in [0.15, 0.2) is 0 Å². The highest BCUT2D eigenvalue weighted by atomic mass is 35.5. The summed E-state index contributed by atoms with van der Waals surface area (Å²) in [7, 11) is 0. The first-order valence-corrected chi connectivity index (χ1v) is 7.83. The predicted molar refractivity (Wildman–Crippen MR) is 98.1 cm³/mol. The van der Waals surface area contributed by atoms with Gasteiger partial charge >= 0.3 is 5.97 Å². The van der Waals surface area contributed by atoms with E-state index in [2.05, 4.69) is 5.32 Å². The Balaban J connectivity index is 2.18. The van der Waals surface area contributed by atoms with Crippen molar-refractivity contribution in [3.8, 4) is 11.8 Å². The van der Waals surface area contributed by atoms with Crippen LogP contribution in [-0.4, -0.2) is 16.8 Å². The Morgan fingerprint density at radius 2 is 1.93 bits per heavy atom. The molecule has 136 valence electrons. The molecule has 0 radical (unpaired) electrons. The van der Waals surface area contributed by atoms with Crippen molar-refractivity contribution in [3.63, 3.8) is 0 Å². The average Bonchev–Trinajstić information content (AvgIpc) is 2.62. The van der Waals surface area contributed by atoms with E-state index in [0.717, 1.165) is 6.07 Å². The summed E-state index contributed by atoms with van der Waals surface area (Å²) < 4.78 is 4.90. The van der Waals surface area contributed by atoms with Crippen molar-refractivity contribution >= 4 is 40.9 Å². The molecule has 0 saturated heterocycles. The molecular weight excluding hydrogens is 374 g/mol. The number of nitrogens with one attached hydrogen (secondary N) is 1. The lowest BCUT2D eigenvalue weighted by Crippen LogP contribution is -2.13. The number of carbonyl (C=O) groups excluding carboxylic acids is 2. The molecule has 2 aromatic carbocycles. The van der Waals surface area contributed by atoms with Gasteiger partial charge in [-0.1, -0.05) is 23.7 Å². The first-order valence-electron chi connectivity index (χ1n) is 7.45. The second-order valence-corrected chi connectivity index (χ2v) is 5.62. The largest absolute Gasteiger partial charge is 0.427 e. The number of ether oxygens (including phenoxy) is 1. The van der Waals surface area contributed by atoms with Crippen molar-refractivity contribution in [2.24, 2.45) is 0 Å². The van der Waals surface area contributed by atoms with Crippen molar-refractivity contribution in [1.29, 1.82) is 5.26 Å². The van der Waals surface area contributed by atoms with Crippen LogP contribution in [0, 0.1) is 21.4 Å². The van der Waals surface area contributed by atoms with Gasteiger partial charge in [0, 0.05) is 19.1 Å². The van der Waals surface area contributed by atoms with Crippen LogP contribution >= 0.6 is 11.6 Å². The number of non-ortho nitro benzene ring substituents is 1. The fourth-order valence-electron chi connectivity index (χ4n) is 2.02. The Morgan fingerprint density at radius 1 is 1.26 bits per heavy atom. The minimum Gasteiger partial charge on any atom is -0.427 e. The van der Waals surface area contributed by atoms with Crippen LogP contribution < -0.4 is 10.1 Å². The van der Waals surface area contributed by atoms with Crippen LogP contribution in [0.5, 0.6) is 5.75 Å². The zero-order valence-electron chi connectivity index (χ0n) is 13.9. The third-order valence-electron chi connectivity index (χ3n) is 3.23. The van der Waals surface area contributed by atoms with E-state index < -0.39 is 16.8 Å². The van der Waals surface area contributed by atoms with E-state index in [-0.39, 0.29) is 22.0 Å². The average molecular weight is 386 g/mol. The molecule has 0 aromatic heterocycles. The van der Waals surface area contributed by atoms with E-state index in [9.17, 15) is 25.0 Å². The number of hydrogen-bond donors (Lipinski definition) is 1. The summed E-state index contributed by atoms with van der Waals surface area (Å²) in [5, 5.41) is 22.3. The fraction of sp³-hybridized carbons (Fsp3) is 0.0556. The van der Waals surface area contributed by atoms with E-state index in [1.165, 1.54) is 37.3 Å². The van der Waals surface area contributed by atoms with Crippen LogP contribution in [0.3, 0.4) is 0 Å². The number of benzene rings is 2. The lowest BCUT2D eigenvalue weighted by atomic mass is 10.1. The summed E-state index contributed by atoms with van der Waals surface area (Å²) in [4.78, 5) is 33.3. The molecule has 0 bridgehead atoms. The van der Waals surface area contributed by atoms with Crippen molar-refractivity contribution in [3.05, 3.63) is 68.7 Å². The van der Waals surface area contributed by atoms with Gasteiger partial charge in [0.05, 0.1) is 15.6 Å². The van der Waals surface area contributed by atoms with E-state index >= 15 is 0 Å². The molecule has 0 heterocycles. The van der Waals surface area contributed by atoms with Gasteiger partial charge in [0.1, 0.15) is 17.4 Å². The summed E-state index contributed by atoms with van der Waals surface area (Å²) in [5.74, 6) is -0.854. The zero-order valence-corrected chi connectivity index (χ0v) is 14.7. The Hall–Kier alpha value is -3.70. The normalized spacial score (nSPS) is 10.6. The first kappa shape index (κ1) is 19.6.